The van der Waals surface area contributed by atoms with Crippen LogP contribution in [0, 0.1) is 0 Å². The van der Waals surface area contributed by atoms with Crippen LogP contribution in [0.3, 0.4) is 0 Å². The van der Waals surface area contributed by atoms with E-state index in [1.165, 1.54) is 24.3 Å². The fourth-order valence-corrected chi connectivity index (χ4v) is 4.21. The number of rotatable bonds is 5. The van der Waals surface area contributed by atoms with Gasteiger partial charge in [-0.2, -0.15) is 4.31 Å². The van der Waals surface area contributed by atoms with E-state index >= 15 is 0 Å². The van der Waals surface area contributed by atoms with Crippen molar-refractivity contribution in [3.8, 4) is 0 Å². The van der Waals surface area contributed by atoms with Crippen LogP contribution in [-0.2, 0) is 16.6 Å². The fraction of sp³-hybridized carbons (Fsp3) is 0.333. The third kappa shape index (κ3) is 5.02. The maximum absolute atomic E-state index is 13.2. The summed E-state index contributed by atoms with van der Waals surface area (Å²) >= 11 is 0. The van der Waals surface area contributed by atoms with Crippen LogP contribution in [0.15, 0.2) is 53.7 Å². The van der Waals surface area contributed by atoms with Gasteiger partial charge in [-0.1, -0.05) is 6.07 Å². The van der Waals surface area contributed by atoms with E-state index in [-0.39, 0.29) is 18.0 Å². The first-order valence-electron chi connectivity index (χ1n) is 8.68. The first-order chi connectivity index (χ1) is 13.3. The number of pyridine rings is 1. The molecule has 2 amide bonds. The number of sulfonamides is 1. The molecule has 0 atom stereocenters. The lowest BCUT2D eigenvalue weighted by Gasteiger charge is -2.30. The number of urea groups is 1. The van der Waals surface area contributed by atoms with E-state index in [4.69, 9.17) is 0 Å². The number of piperidine rings is 1. The number of halogens is 2. The van der Waals surface area contributed by atoms with Crippen LogP contribution < -0.4 is 10.6 Å². The molecule has 1 aromatic heterocycles. The van der Waals surface area contributed by atoms with E-state index in [0.29, 0.717) is 12.2 Å². The summed E-state index contributed by atoms with van der Waals surface area (Å²) in [5.41, 5.74) is 1.25. The highest BCUT2D eigenvalue weighted by Crippen LogP contribution is 2.30. The Labute approximate surface area is 161 Å². The average molecular weight is 410 g/mol. The minimum absolute atomic E-state index is 0.000894. The van der Waals surface area contributed by atoms with Crippen molar-refractivity contribution in [2.24, 2.45) is 0 Å². The number of amides is 2. The van der Waals surface area contributed by atoms with Crippen molar-refractivity contribution in [1.82, 2.24) is 14.6 Å². The summed E-state index contributed by atoms with van der Waals surface area (Å²) in [5.74, 6) is -2.82. The highest BCUT2D eigenvalue weighted by atomic mass is 32.2. The smallest absolute Gasteiger partial charge is 0.319 e. The van der Waals surface area contributed by atoms with Gasteiger partial charge in [-0.05, 0) is 35.9 Å². The van der Waals surface area contributed by atoms with Gasteiger partial charge in [0.2, 0.25) is 10.0 Å². The molecule has 0 saturated carbocycles. The monoisotopic (exact) mass is 410 g/mol. The summed E-state index contributed by atoms with van der Waals surface area (Å²) in [7, 11) is -3.84. The summed E-state index contributed by atoms with van der Waals surface area (Å²) in [4.78, 5) is 15.9. The Kier molecular flexibility index (Phi) is 5.90. The lowest BCUT2D eigenvalue weighted by molar-refractivity contribution is -0.0412. The van der Waals surface area contributed by atoms with Crippen LogP contribution in [-0.4, -0.2) is 42.8 Å². The molecule has 0 radical (unpaired) electrons. The zero-order chi connectivity index (χ0) is 20.2. The van der Waals surface area contributed by atoms with Gasteiger partial charge in [0, 0.05) is 50.6 Å². The summed E-state index contributed by atoms with van der Waals surface area (Å²) in [6.45, 7) is -0.135. The van der Waals surface area contributed by atoms with Gasteiger partial charge < -0.3 is 10.6 Å². The second-order valence-corrected chi connectivity index (χ2v) is 8.39. The molecule has 1 aromatic carbocycles. The number of benzene rings is 1. The molecule has 1 aliphatic heterocycles. The lowest BCUT2D eigenvalue weighted by atomic mass is 10.1. The van der Waals surface area contributed by atoms with Gasteiger partial charge in [-0.25, -0.2) is 22.0 Å². The first kappa shape index (κ1) is 20.2. The van der Waals surface area contributed by atoms with Crippen LogP contribution in [0.5, 0.6) is 0 Å². The molecule has 150 valence electrons. The fourth-order valence-electron chi connectivity index (χ4n) is 2.77. The molecule has 0 spiro atoms. The van der Waals surface area contributed by atoms with E-state index in [1.54, 1.807) is 18.5 Å². The van der Waals surface area contributed by atoms with E-state index in [9.17, 15) is 22.0 Å². The van der Waals surface area contributed by atoms with Crippen LogP contribution in [0.1, 0.15) is 18.4 Å². The van der Waals surface area contributed by atoms with Crippen molar-refractivity contribution in [2.75, 3.05) is 18.4 Å². The highest BCUT2D eigenvalue weighted by Gasteiger charge is 2.38. The van der Waals surface area contributed by atoms with Crippen molar-refractivity contribution in [3.63, 3.8) is 0 Å². The van der Waals surface area contributed by atoms with Gasteiger partial charge >= 0.3 is 6.03 Å². The topological polar surface area (TPSA) is 91.4 Å². The Hall–Kier alpha value is -2.59. The zero-order valence-electron chi connectivity index (χ0n) is 14.9. The van der Waals surface area contributed by atoms with Crippen LogP contribution in [0.2, 0.25) is 0 Å². The van der Waals surface area contributed by atoms with E-state index < -0.39 is 34.8 Å². The van der Waals surface area contributed by atoms with Gasteiger partial charge in [0.25, 0.3) is 5.92 Å². The quantitative estimate of drug-likeness (QED) is 0.793. The summed E-state index contributed by atoms with van der Waals surface area (Å²) < 4.78 is 52.7. The largest absolute Gasteiger partial charge is 0.334 e. The van der Waals surface area contributed by atoms with Crippen molar-refractivity contribution in [3.05, 3.63) is 54.4 Å². The molecule has 1 saturated heterocycles. The molecular weight excluding hydrogens is 390 g/mol. The molecule has 0 aliphatic carbocycles. The summed E-state index contributed by atoms with van der Waals surface area (Å²) in [6, 6.07) is 8.74. The van der Waals surface area contributed by atoms with Gasteiger partial charge in [-0.3, -0.25) is 4.98 Å². The average Bonchev–Trinajstić information content (AvgIpc) is 2.67. The highest BCUT2D eigenvalue weighted by molar-refractivity contribution is 7.89. The van der Waals surface area contributed by atoms with Gasteiger partial charge in [0.15, 0.2) is 0 Å². The van der Waals surface area contributed by atoms with E-state index in [2.05, 4.69) is 15.6 Å². The summed E-state index contributed by atoms with van der Waals surface area (Å²) in [5, 5.41) is 5.27. The molecule has 2 heterocycles. The van der Waals surface area contributed by atoms with Crippen molar-refractivity contribution in [2.45, 2.75) is 30.2 Å². The Balaban J connectivity index is 1.57. The molecule has 2 aromatic rings. The number of nitrogens with zero attached hydrogens (tertiary/aromatic N) is 2. The standard InChI is InChI=1S/C18H20F2N4O3S/c19-18(20)7-10-24(11-8-18)28(26,27)16-5-3-15(4-6-16)23-17(25)22-13-14-2-1-9-21-12-14/h1-6,9,12H,7-8,10-11,13H2,(H2,22,23,25). The second-order valence-electron chi connectivity index (χ2n) is 6.45. The molecule has 3 rings (SSSR count). The SMILES string of the molecule is O=C(NCc1cccnc1)Nc1ccc(S(=O)(=O)N2CCC(F)(F)CC2)cc1. The summed E-state index contributed by atoms with van der Waals surface area (Å²) in [6.07, 6.45) is 2.30. The number of carbonyl (C=O) groups is 1. The van der Waals surface area contributed by atoms with Gasteiger partial charge in [-0.15, -0.1) is 0 Å². The number of hydrogen-bond acceptors (Lipinski definition) is 4. The lowest BCUT2D eigenvalue weighted by Crippen LogP contribution is -2.42. The van der Waals surface area contributed by atoms with Gasteiger partial charge in [0.1, 0.15) is 0 Å². The maximum atomic E-state index is 13.2. The number of hydrogen-bond donors (Lipinski definition) is 2. The third-order valence-electron chi connectivity index (χ3n) is 4.38. The van der Waals surface area contributed by atoms with Crippen LogP contribution >= 0.6 is 0 Å². The number of alkyl halides is 2. The number of anilines is 1. The van der Waals surface area contributed by atoms with Crippen LogP contribution in [0.25, 0.3) is 0 Å². The van der Waals surface area contributed by atoms with Crippen molar-refractivity contribution in [1.29, 1.82) is 0 Å². The number of aromatic nitrogens is 1. The molecule has 2 N–H and O–H groups in total. The number of nitrogens with one attached hydrogen (secondary N) is 2. The Morgan fingerprint density at radius 1 is 1.14 bits per heavy atom. The normalized spacial score (nSPS) is 17.1. The number of carbonyl (C=O) groups excluding carboxylic acids is 1. The van der Waals surface area contributed by atoms with Gasteiger partial charge in [0.05, 0.1) is 4.90 Å². The first-order valence-corrected chi connectivity index (χ1v) is 10.1. The zero-order valence-corrected chi connectivity index (χ0v) is 15.8. The van der Waals surface area contributed by atoms with Crippen molar-refractivity contribution < 1.29 is 22.0 Å². The van der Waals surface area contributed by atoms with Crippen LogP contribution in [0.4, 0.5) is 19.3 Å². The molecule has 1 fully saturated rings. The predicted octanol–water partition coefficient (Wildman–Crippen LogP) is 2.82. The molecule has 0 bridgehead atoms. The molecular formula is C18H20F2N4O3S. The molecule has 10 heteroatoms. The Bertz CT molecular complexity index is 912. The molecule has 1 aliphatic rings. The van der Waals surface area contributed by atoms with Crippen molar-refractivity contribution >= 4 is 21.7 Å². The predicted molar refractivity (Wildman–Crippen MR) is 99.5 cm³/mol. The van der Waals surface area contributed by atoms with E-state index in [0.717, 1.165) is 9.87 Å². The third-order valence-corrected chi connectivity index (χ3v) is 6.29. The minimum atomic E-state index is -3.84. The second kappa shape index (κ2) is 8.19. The maximum Gasteiger partial charge on any atom is 0.319 e. The molecule has 7 nitrogen and oxygen atoms in total. The molecule has 0 unspecified atom stereocenters. The van der Waals surface area contributed by atoms with E-state index in [1.807, 2.05) is 6.07 Å². The minimum Gasteiger partial charge on any atom is -0.334 e. The molecule has 28 heavy (non-hydrogen) atoms. The Morgan fingerprint density at radius 2 is 1.82 bits per heavy atom. The Morgan fingerprint density at radius 3 is 2.43 bits per heavy atom.